The number of hydrogen-bond acceptors (Lipinski definition) is 15. The van der Waals surface area contributed by atoms with Gasteiger partial charge >= 0.3 is 5.97 Å². The lowest BCUT2D eigenvalue weighted by Crippen LogP contribution is -3.00. The number of oxime groups is 1. The number of benzene rings is 7. The SMILES string of the molecule is COc1ccc(COC(=O)C2=C(C[n+]3ccc(-c4nsc(N)n4)cc3)CS[C@H]3[C@H](NC(=O)C(=NOC(c4ccccc4)(c4ccccc4)c4ccccc4)c4csc(NC(c5ccccc5)(c5ccccc5)c5ccccc5)n4)C(=O)N23)cc1.[I-]. The Labute approximate surface area is 520 Å². The van der Waals surface area contributed by atoms with E-state index >= 15 is 4.79 Å². The molecule has 0 saturated carbocycles. The number of carbonyl (C=O) groups is 3. The number of pyridine rings is 1. The Kier molecular flexibility index (Phi) is 17.6. The van der Waals surface area contributed by atoms with E-state index in [0.717, 1.165) is 56.0 Å². The minimum Gasteiger partial charge on any atom is -1.00 e. The maximum absolute atomic E-state index is 15.5. The van der Waals surface area contributed by atoms with Crippen LogP contribution in [-0.4, -0.2) is 67.0 Å². The molecule has 4 N–H and O–H groups in total. The van der Waals surface area contributed by atoms with Gasteiger partial charge in [-0.15, -0.1) is 23.1 Å². The van der Waals surface area contributed by atoms with Gasteiger partial charge in [-0.1, -0.05) is 199 Å². The van der Waals surface area contributed by atoms with E-state index in [9.17, 15) is 9.59 Å². The second kappa shape index (κ2) is 25.9. The first-order valence-corrected chi connectivity index (χ1v) is 29.6. The third kappa shape index (κ3) is 11.8. The average Bonchev–Trinajstić information content (AvgIpc) is 4.23. The number of nitrogens with one attached hydrogen (secondary N) is 2. The molecule has 2 atom stereocenters. The number of fused-ring (bicyclic) bond motifs is 1. The molecule has 19 heteroatoms. The maximum atomic E-state index is 15.5. The van der Waals surface area contributed by atoms with E-state index in [1.165, 1.54) is 28.0 Å². The van der Waals surface area contributed by atoms with Gasteiger partial charge in [0.1, 0.15) is 40.7 Å². The number of halogens is 1. The molecule has 2 amide bonds. The molecule has 0 aliphatic carbocycles. The third-order valence-electron chi connectivity index (χ3n) is 14.7. The van der Waals surface area contributed by atoms with Crippen molar-refractivity contribution in [3.05, 3.63) is 292 Å². The largest absolute Gasteiger partial charge is 1.00 e. The maximum Gasteiger partial charge on any atom is 0.355 e. The van der Waals surface area contributed by atoms with E-state index in [2.05, 4.69) is 56.4 Å². The molecule has 5 heterocycles. The van der Waals surface area contributed by atoms with E-state index < -0.39 is 40.3 Å². The van der Waals surface area contributed by atoms with Crippen molar-refractivity contribution in [2.24, 2.45) is 5.16 Å². The summed E-state index contributed by atoms with van der Waals surface area (Å²) < 4.78 is 17.6. The summed E-state index contributed by atoms with van der Waals surface area (Å²) in [7, 11) is 1.58. The van der Waals surface area contributed by atoms with Crippen molar-refractivity contribution in [3.8, 4) is 17.1 Å². The molecule has 0 bridgehead atoms. The van der Waals surface area contributed by atoms with Crippen LogP contribution in [0.4, 0.5) is 10.3 Å². The van der Waals surface area contributed by atoms with Gasteiger partial charge in [-0.2, -0.15) is 9.36 Å². The highest BCUT2D eigenvalue weighted by Gasteiger charge is 2.55. The second-order valence-electron chi connectivity index (χ2n) is 19.8. The molecule has 1 saturated heterocycles. The lowest BCUT2D eigenvalue weighted by Gasteiger charge is -2.49. The van der Waals surface area contributed by atoms with E-state index in [4.69, 9.17) is 30.2 Å². The fourth-order valence-corrected chi connectivity index (χ4v) is 13.1. The Hall–Kier alpha value is -9.02. The highest BCUT2D eigenvalue weighted by Crippen LogP contribution is 2.44. The Balaban J connectivity index is 0.00000752. The number of β-lactam (4-membered cyclic amide) rings is 1. The summed E-state index contributed by atoms with van der Waals surface area (Å²) in [5, 5.41) is 13.7. The molecule has 1 fully saturated rings. The van der Waals surface area contributed by atoms with Gasteiger partial charge in [-0.05, 0) is 34.4 Å². The van der Waals surface area contributed by atoms with Crippen LogP contribution >= 0.6 is 34.6 Å². The van der Waals surface area contributed by atoms with Gasteiger partial charge < -0.3 is 54.7 Å². The molecule has 0 unspecified atom stereocenters. The van der Waals surface area contributed by atoms with Crippen LogP contribution in [0.3, 0.4) is 0 Å². The van der Waals surface area contributed by atoms with Crippen LogP contribution in [0.15, 0.2) is 253 Å². The average molecular weight is 1290 g/mol. The summed E-state index contributed by atoms with van der Waals surface area (Å²) in [6.45, 7) is 0.190. The number of carbonyl (C=O) groups excluding carboxylic acids is 3. The number of hydrogen-bond donors (Lipinski definition) is 3. The lowest BCUT2D eigenvalue weighted by molar-refractivity contribution is -0.689. The summed E-state index contributed by atoms with van der Waals surface area (Å²) in [6.07, 6.45) is 3.71. The van der Waals surface area contributed by atoms with Crippen molar-refractivity contribution < 1.29 is 57.2 Å². The molecule has 12 rings (SSSR count). The van der Waals surface area contributed by atoms with E-state index in [1.54, 1.807) is 24.6 Å². The predicted molar refractivity (Wildman–Crippen MR) is 327 cm³/mol. The van der Waals surface area contributed by atoms with E-state index in [-0.39, 0.29) is 54.2 Å². The van der Waals surface area contributed by atoms with Crippen molar-refractivity contribution in [2.45, 2.75) is 35.7 Å². The number of thioether (sulfide) groups is 1. The molecule has 10 aromatic rings. The molecule has 3 aromatic heterocycles. The number of nitrogens with zero attached hydrogens (tertiary/aromatic N) is 6. The second-order valence-corrected chi connectivity index (χ2v) is 22.5. The number of aromatic nitrogens is 4. The molecule has 0 radical (unpaired) electrons. The zero-order valence-corrected chi connectivity index (χ0v) is 50.2. The molecule has 85 heavy (non-hydrogen) atoms. The lowest BCUT2D eigenvalue weighted by atomic mass is 9.77. The van der Waals surface area contributed by atoms with Crippen molar-refractivity contribution in [2.75, 3.05) is 23.9 Å². The normalized spacial score (nSPS) is 15.0. The zero-order valence-electron chi connectivity index (χ0n) is 45.6. The summed E-state index contributed by atoms with van der Waals surface area (Å²) in [5.41, 5.74) is 10.9. The van der Waals surface area contributed by atoms with E-state index in [1.807, 2.05) is 187 Å². The third-order valence-corrected chi connectivity index (χ3v) is 17.4. The van der Waals surface area contributed by atoms with Gasteiger partial charge in [-0.3, -0.25) is 14.5 Å². The zero-order chi connectivity index (χ0) is 57.5. The minimum absolute atomic E-state index is 0. The van der Waals surface area contributed by atoms with Gasteiger partial charge in [-0.25, -0.2) is 14.3 Å². The Morgan fingerprint density at radius 2 is 1.22 bits per heavy atom. The molecular formula is C66H54IN9O6S3. The van der Waals surface area contributed by atoms with Crippen molar-refractivity contribution in [1.29, 1.82) is 0 Å². The Morgan fingerprint density at radius 1 is 0.706 bits per heavy atom. The Morgan fingerprint density at radius 3 is 1.72 bits per heavy atom. The van der Waals surface area contributed by atoms with Gasteiger partial charge in [0, 0.05) is 62.6 Å². The summed E-state index contributed by atoms with van der Waals surface area (Å²) in [5.74, 6) is -0.416. The number of amides is 2. The molecule has 7 aromatic carbocycles. The van der Waals surface area contributed by atoms with E-state index in [0.29, 0.717) is 33.2 Å². The highest BCUT2D eigenvalue weighted by atomic mass is 127. The monoisotopic (exact) mass is 1290 g/mol. The molecular weight excluding hydrogens is 1240 g/mol. The minimum atomic E-state index is -1.38. The predicted octanol–water partition coefficient (Wildman–Crippen LogP) is 7.76. The van der Waals surface area contributed by atoms with Crippen LogP contribution in [0.25, 0.3) is 11.4 Å². The highest BCUT2D eigenvalue weighted by molar-refractivity contribution is 8.00. The first-order valence-electron chi connectivity index (χ1n) is 26.9. The smallest absolute Gasteiger partial charge is 0.355 e. The number of thiazole rings is 1. The number of rotatable bonds is 20. The van der Waals surface area contributed by atoms with Crippen LogP contribution in [-0.2, 0) is 48.2 Å². The van der Waals surface area contributed by atoms with Crippen LogP contribution in [0.2, 0.25) is 0 Å². The van der Waals surface area contributed by atoms with Crippen molar-refractivity contribution in [3.63, 3.8) is 0 Å². The van der Waals surface area contributed by atoms with Gasteiger partial charge in [0.2, 0.25) is 5.60 Å². The quantitative estimate of drug-likeness (QED) is 0.0128. The Bertz CT molecular complexity index is 3800. The summed E-state index contributed by atoms with van der Waals surface area (Å²) >= 11 is 3.84. The number of anilines is 2. The summed E-state index contributed by atoms with van der Waals surface area (Å²) in [6, 6.07) is 69.4. The van der Waals surface area contributed by atoms with Crippen LogP contribution < -0.4 is 49.6 Å². The van der Waals surface area contributed by atoms with Crippen LogP contribution in [0.1, 0.15) is 44.6 Å². The molecule has 15 nitrogen and oxygen atoms in total. The number of methoxy groups -OCH3 is 1. The topological polar surface area (TPSA) is 187 Å². The standard InChI is InChI=1S/C66H53N9O6S3.HI/c1-79-53-34-32-44(33-35-53)41-80-62(78)57-46(40-74-38-36-45(37-39-74)58-70-63(67)84-73-58)42-82-61-56(60(77)75(57)61)69-59(76)55(72-81-66(50-26-14-5-15-27-50,51-28-16-6-17-29-51)52-30-18-7-19-31-52)54-43-83-64(68-54)71-65(47-20-8-2-9-21-47,48-22-10-3-11-23-48)49-24-12-4-13-25-49;/h2-39,43,56,61H,40-42H2,1H3,(H3-,67,68,69,70,71,73,76);1H/t56-,61+;/m1./s1. The van der Waals surface area contributed by atoms with Crippen molar-refractivity contribution >= 4 is 68.4 Å². The molecule has 424 valence electrons. The fraction of sp³-hybridized carbons (Fsp3) is 0.121. The van der Waals surface area contributed by atoms with Gasteiger partial charge in [0.15, 0.2) is 40.7 Å². The van der Waals surface area contributed by atoms with Gasteiger partial charge in [0.25, 0.3) is 11.8 Å². The van der Waals surface area contributed by atoms with Crippen LogP contribution in [0, 0.1) is 0 Å². The first-order chi connectivity index (χ1) is 41.2. The fourth-order valence-electron chi connectivity index (χ4n) is 10.6. The van der Waals surface area contributed by atoms with Crippen molar-refractivity contribution in [1.82, 2.24) is 24.6 Å². The van der Waals surface area contributed by atoms with Gasteiger partial charge in [0.05, 0.1) is 7.11 Å². The number of esters is 1. The molecule has 2 aliphatic heterocycles. The molecule has 2 aliphatic rings. The summed E-state index contributed by atoms with van der Waals surface area (Å²) in [4.78, 5) is 62.9. The molecule has 0 spiro atoms. The number of nitrogens with two attached hydrogens (primary N) is 1. The number of ether oxygens (including phenoxy) is 2. The first kappa shape index (κ1) is 57.8. The number of nitrogen functional groups attached to an aromatic ring is 1. The van der Waals surface area contributed by atoms with Crippen LogP contribution in [0.5, 0.6) is 5.75 Å².